The fraction of sp³-hybridized carbons (Fsp3) is 0.280. The van der Waals surface area contributed by atoms with Crippen molar-refractivity contribution in [2.45, 2.75) is 32.6 Å². The van der Waals surface area contributed by atoms with E-state index in [9.17, 15) is 0 Å². The molecule has 3 N–H and O–H groups in total. The van der Waals surface area contributed by atoms with Crippen LogP contribution in [0.1, 0.15) is 36.2 Å². The summed E-state index contributed by atoms with van der Waals surface area (Å²) in [6.45, 7) is 4.15. The first-order valence-corrected chi connectivity index (χ1v) is 10.6. The van der Waals surface area contributed by atoms with E-state index in [2.05, 4.69) is 58.4 Å². The average molecular weight is 435 g/mol. The van der Waals surface area contributed by atoms with Crippen molar-refractivity contribution in [2.75, 3.05) is 18.0 Å². The highest BCUT2D eigenvalue weighted by Crippen LogP contribution is 2.39. The summed E-state index contributed by atoms with van der Waals surface area (Å²) in [6, 6.07) is 17.7. The summed E-state index contributed by atoms with van der Waals surface area (Å²) in [7, 11) is 0. The zero-order valence-corrected chi connectivity index (χ0v) is 18.4. The summed E-state index contributed by atoms with van der Waals surface area (Å²) >= 11 is 0. The number of anilines is 1. The van der Waals surface area contributed by atoms with E-state index in [4.69, 9.17) is 9.97 Å². The van der Waals surface area contributed by atoms with Crippen molar-refractivity contribution in [3.63, 3.8) is 0 Å². The van der Waals surface area contributed by atoms with Crippen LogP contribution >= 0.6 is 12.4 Å². The van der Waals surface area contributed by atoms with Crippen LogP contribution in [-0.2, 0) is 6.42 Å². The van der Waals surface area contributed by atoms with Crippen LogP contribution in [0.4, 0.5) is 5.82 Å². The molecule has 0 unspecified atom stereocenters. The smallest absolute Gasteiger partial charge is 0.156 e. The third-order valence-electron chi connectivity index (χ3n) is 6.33. The number of halogens is 1. The highest BCUT2D eigenvalue weighted by molar-refractivity contribution is 5.91. The molecule has 2 aromatic heterocycles. The van der Waals surface area contributed by atoms with Gasteiger partial charge in [-0.2, -0.15) is 0 Å². The maximum atomic E-state index is 4.80. The van der Waals surface area contributed by atoms with Crippen molar-refractivity contribution in [2.24, 2.45) is 0 Å². The second-order valence-electron chi connectivity index (χ2n) is 8.29. The van der Waals surface area contributed by atoms with Crippen molar-refractivity contribution in [1.29, 1.82) is 0 Å². The Morgan fingerprint density at radius 3 is 2.48 bits per heavy atom. The van der Waals surface area contributed by atoms with Gasteiger partial charge in [0.15, 0.2) is 5.82 Å². The highest BCUT2D eigenvalue weighted by atomic mass is 35.5. The number of aromatic amines is 1. The van der Waals surface area contributed by atoms with Gasteiger partial charge in [0.1, 0.15) is 11.3 Å². The molecule has 0 spiro atoms. The minimum Gasteiger partial charge on any atom is -0.412 e. The number of nitrogens with one attached hydrogen (secondary N) is 1. The second-order valence-corrected chi connectivity index (χ2v) is 8.29. The predicted molar refractivity (Wildman–Crippen MR) is 129 cm³/mol. The average Bonchev–Trinajstić information content (AvgIpc) is 3.34. The van der Waals surface area contributed by atoms with Crippen molar-refractivity contribution in [1.82, 2.24) is 15.0 Å². The van der Waals surface area contributed by atoms with Gasteiger partial charge in [-0.25, -0.2) is 9.97 Å². The Bertz CT molecular complexity index is 1240. The van der Waals surface area contributed by atoms with E-state index in [1.807, 2.05) is 6.92 Å². The van der Waals surface area contributed by atoms with E-state index in [1.54, 1.807) is 0 Å². The Morgan fingerprint density at radius 2 is 1.65 bits per heavy atom. The van der Waals surface area contributed by atoms with E-state index in [-0.39, 0.29) is 17.9 Å². The Balaban J connectivity index is 0.00000116. The van der Waals surface area contributed by atoms with Gasteiger partial charge in [-0.15, -0.1) is 12.4 Å². The number of H-pyrrole nitrogens is 1. The molecule has 5 nitrogen and oxygen atoms in total. The van der Waals surface area contributed by atoms with Crippen LogP contribution in [0.5, 0.6) is 0 Å². The Hall–Kier alpha value is -2.89. The van der Waals surface area contributed by atoms with Crippen LogP contribution in [0.3, 0.4) is 0 Å². The number of benzene rings is 2. The monoisotopic (exact) mass is 434 g/mol. The summed E-state index contributed by atoms with van der Waals surface area (Å²) in [5.74, 6) is 1.90. The zero-order chi connectivity index (χ0) is 19.4. The Kier molecular flexibility index (Phi) is 5.73. The first-order valence-electron chi connectivity index (χ1n) is 10.6. The van der Waals surface area contributed by atoms with Gasteiger partial charge in [0.2, 0.25) is 0 Å². The molecule has 2 aliphatic rings. The molecular weight excluding hydrogens is 408 g/mol. The number of piperidine rings is 1. The highest BCUT2D eigenvalue weighted by Gasteiger charge is 2.21. The lowest BCUT2D eigenvalue weighted by Crippen LogP contribution is -2.30. The molecule has 1 aliphatic heterocycles. The Labute approximate surface area is 188 Å². The van der Waals surface area contributed by atoms with Crippen LogP contribution in [0.15, 0.2) is 48.5 Å². The molecule has 1 fully saturated rings. The third-order valence-corrected chi connectivity index (χ3v) is 6.33. The normalized spacial score (nSPS) is 14.5. The molecule has 6 rings (SSSR count). The van der Waals surface area contributed by atoms with E-state index in [0.29, 0.717) is 0 Å². The summed E-state index contributed by atoms with van der Waals surface area (Å²) in [5.41, 5.74) is 9.98. The zero-order valence-electron chi connectivity index (χ0n) is 17.6. The van der Waals surface area contributed by atoms with Gasteiger partial charge < -0.3 is 15.4 Å². The van der Waals surface area contributed by atoms with Crippen molar-refractivity contribution in [3.8, 4) is 22.4 Å². The number of fused-ring (bicyclic) bond motifs is 4. The molecule has 160 valence electrons. The number of hydrogen-bond acceptors (Lipinski definition) is 3. The molecule has 1 saturated heterocycles. The molecule has 3 heterocycles. The van der Waals surface area contributed by atoms with Crippen LogP contribution in [-0.4, -0.2) is 33.5 Å². The second kappa shape index (κ2) is 8.33. The molecule has 31 heavy (non-hydrogen) atoms. The molecule has 4 aromatic rings. The number of nitrogens with zero attached hydrogens (tertiary/aromatic N) is 3. The first-order chi connectivity index (χ1) is 14.3. The van der Waals surface area contributed by atoms with Gasteiger partial charge in [0.25, 0.3) is 0 Å². The van der Waals surface area contributed by atoms with Crippen LogP contribution in [0, 0.1) is 6.92 Å². The molecule has 0 amide bonds. The Morgan fingerprint density at radius 1 is 0.871 bits per heavy atom. The largest absolute Gasteiger partial charge is 0.412 e. The number of hydrogen-bond donors (Lipinski definition) is 1. The van der Waals surface area contributed by atoms with E-state index in [1.165, 1.54) is 47.1 Å². The van der Waals surface area contributed by atoms with Gasteiger partial charge in [0, 0.05) is 18.8 Å². The summed E-state index contributed by atoms with van der Waals surface area (Å²) < 4.78 is 0. The molecular formula is C25H27ClN4O. The lowest BCUT2D eigenvalue weighted by Gasteiger charge is -2.28. The molecule has 0 bridgehead atoms. The maximum absolute atomic E-state index is 4.80. The van der Waals surface area contributed by atoms with Crippen LogP contribution in [0.2, 0.25) is 0 Å². The van der Waals surface area contributed by atoms with E-state index < -0.39 is 0 Å². The van der Waals surface area contributed by atoms with Gasteiger partial charge >= 0.3 is 0 Å². The number of aryl methyl sites for hydroxylation is 1. The molecule has 2 aromatic carbocycles. The van der Waals surface area contributed by atoms with Crippen LogP contribution < -0.4 is 4.90 Å². The van der Waals surface area contributed by atoms with Gasteiger partial charge in [0.05, 0.1) is 5.52 Å². The third kappa shape index (κ3) is 3.58. The maximum Gasteiger partial charge on any atom is 0.156 e. The summed E-state index contributed by atoms with van der Waals surface area (Å²) in [6.07, 6.45) is 4.81. The summed E-state index contributed by atoms with van der Waals surface area (Å²) in [5, 5.41) is 0. The van der Waals surface area contributed by atoms with E-state index >= 15 is 0 Å². The lowest BCUT2D eigenvalue weighted by molar-refractivity contribution is 0.574. The molecule has 1 aliphatic carbocycles. The minimum absolute atomic E-state index is 0. The van der Waals surface area contributed by atoms with Gasteiger partial charge in [-0.3, -0.25) is 0 Å². The quantitative estimate of drug-likeness (QED) is 0.420. The fourth-order valence-electron chi connectivity index (χ4n) is 4.91. The first kappa shape index (κ1) is 21.3. The predicted octanol–water partition coefficient (Wildman–Crippen LogP) is 5.09. The fourth-order valence-corrected chi connectivity index (χ4v) is 4.91. The van der Waals surface area contributed by atoms with Gasteiger partial charge in [-0.1, -0.05) is 36.4 Å². The number of aromatic nitrogens is 3. The minimum atomic E-state index is 0. The lowest BCUT2D eigenvalue weighted by atomic mass is 10.0. The SMILES string of the molecule is Cc1nc(N2CCCCC2)c2[nH]c(-c3ccc4c(c3)Cc3ccccc3-4)cc2n1.Cl.O. The topological polar surface area (TPSA) is 76.3 Å². The van der Waals surface area contributed by atoms with Crippen molar-refractivity contribution < 1.29 is 5.48 Å². The van der Waals surface area contributed by atoms with E-state index in [0.717, 1.165) is 47.9 Å². The molecule has 0 atom stereocenters. The van der Waals surface area contributed by atoms with Crippen molar-refractivity contribution in [3.05, 3.63) is 65.5 Å². The van der Waals surface area contributed by atoms with Crippen molar-refractivity contribution >= 4 is 29.3 Å². The van der Waals surface area contributed by atoms with Gasteiger partial charge in [-0.05, 0) is 72.6 Å². The molecule has 6 heteroatoms. The summed E-state index contributed by atoms with van der Waals surface area (Å²) in [4.78, 5) is 15.6. The number of rotatable bonds is 2. The molecule has 0 saturated carbocycles. The van der Waals surface area contributed by atoms with Crippen LogP contribution in [0.25, 0.3) is 33.4 Å². The molecule has 0 radical (unpaired) electrons. The standard InChI is InChI=1S/C25H24N4.ClH.H2O/c1-16-26-23-15-22(28-24(23)25(27-16)29-11-5-2-6-12-29)18-9-10-21-19(14-18)13-17-7-3-4-8-20(17)21;;/h3-4,7-10,14-15,28H,2,5-6,11-13H2,1H3;1H;1H2.